The Morgan fingerprint density at radius 1 is 1.13 bits per heavy atom. The predicted molar refractivity (Wildman–Crippen MR) is 117 cm³/mol. The van der Waals surface area contributed by atoms with Crippen LogP contribution in [-0.2, 0) is 29.1 Å². The van der Waals surface area contributed by atoms with E-state index in [9.17, 15) is 9.59 Å². The number of unbranched alkanes of at least 4 members (excludes halogenated alkanes) is 1. The minimum Gasteiger partial charge on any atom is -0.478 e. The molecule has 0 aliphatic carbocycles. The summed E-state index contributed by atoms with van der Waals surface area (Å²) in [6.07, 6.45) is 6.99. The standard InChI is InChI=1S/C19H27N3O.C4H4O4/c1-21(16-17-9-3-2-4-10-17)12-7-8-14-23-19-15-18-11-5-6-13-22(18)20-19;5-3(6)1-2-4(7)8/h2-4,9-10,15H,5-8,11-14,16H2,1H3;1-2H,(H,5,6)(H,7,8). The highest BCUT2D eigenvalue weighted by atomic mass is 16.5. The maximum atomic E-state index is 9.55. The number of fused-ring (bicyclic) bond motifs is 1. The van der Waals surface area contributed by atoms with Crippen LogP contribution in [0.1, 0.15) is 36.9 Å². The zero-order chi connectivity index (χ0) is 22.5. The molecule has 2 aromatic rings. The molecule has 0 saturated heterocycles. The molecule has 0 atom stereocenters. The van der Waals surface area contributed by atoms with E-state index in [1.54, 1.807) is 0 Å². The third kappa shape index (κ3) is 9.95. The lowest BCUT2D eigenvalue weighted by Gasteiger charge is -2.16. The summed E-state index contributed by atoms with van der Waals surface area (Å²) in [5.74, 6) is -1.71. The highest BCUT2D eigenvalue weighted by Crippen LogP contribution is 2.19. The minimum absolute atomic E-state index is 0.558. The second-order valence-corrected chi connectivity index (χ2v) is 7.44. The Kier molecular flexibility index (Phi) is 10.3. The van der Waals surface area contributed by atoms with Crippen LogP contribution in [0.25, 0.3) is 0 Å². The molecule has 0 radical (unpaired) electrons. The number of ether oxygens (including phenoxy) is 1. The molecule has 0 fully saturated rings. The molecule has 8 nitrogen and oxygen atoms in total. The Labute approximate surface area is 182 Å². The zero-order valence-corrected chi connectivity index (χ0v) is 17.9. The van der Waals surface area contributed by atoms with Crippen LogP contribution >= 0.6 is 0 Å². The van der Waals surface area contributed by atoms with Crippen molar-refractivity contribution in [3.63, 3.8) is 0 Å². The van der Waals surface area contributed by atoms with E-state index in [-0.39, 0.29) is 0 Å². The second-order valence-electron chi connectivity index (χ2n) is 7.44. The van der Waals surface area contributed by atoms with Crippen LogP contribution in [-0.4, -0.2) is 57.0 Å². The monoisotopic (exact) mass is 429 g/mol. The van der Waals surface area contributed by atoms with Gasteiger partial charge in [-0.25, -0.2) is 9.59 Å². The average molecular weight is 430 g/mol. The Bertz CT molecular complexity index is 809. The van der Waals surface area contributed by atoms with Gasteiger partial charge in [0.25, 0.3) is 0 Å². The van der Waals surface area contributed by atoms with E-state index in [4.69, 9.17) is 14.9 Å². The summed E-state index contributed by atoms with van der Waals surface area (Å²) in [6, 6.07) is 12.7. The van der Waals surface area contributed by atoms with Crippen molar-refractivity contribution in [2.75, 3.05) is 20.2 Å². The molecule has 0 bridgehead atoms. The van der Waals surface area contributed by atoms with E-state index < -0.39 is 11.9 Å². The molecule has 3 rings (SSSR count). The summed E-state index contributed by atoms with van der Waals surface area (Å²) in [5, 5.41) is 20.1. The highest BCUT2D eigenvalue weighted by Gasteiger charge is 2.12. The summed E-state index contributed by atoms with van der Waals surface area (Å²) < 4.78 is 7.91. The van der Waals surface area contributed by atoms with Crippen molar-refractivity contribution in [2.24, 2.45) is 0 Å². The van der Waals surface area contributed by atoms with Gasteiger partial charge < -0.3 is 19.8 Å². The maximum absolute atomic E-state index is 9.55. The SMILES string of the molecule is CN(CCCCOc1cc2n(n1)CCCC2)Cc1ccccc1.O=C(O)C=CC(=O)O. The van der Waals surface area contributed by atoms with Crippen molar-refractivity contribution in [3.8, 4) is 5.88 Å². The first kappa shape index (κ1) is 24.1. The van der Waals surface area contributed by atoms with E-state index in [0.29, 0.717) is 12.2 Å². The summed E-state index contributed by atoms with van der Waals surface area (Å²) in [7, 11) is 2.18. The number of carboxylic acid groups (broad SMARTS) is 2. The zero-order valence-electron chi connectivity index (χ0n) is 17.9. The number of nitrogens with zero attached hydrogens (tertiary/aromatic N) is 3. The molecule has 1 aliphatic heterocycles. The van der Waals surface area contributed by atoms with Crippen LogP contribution in [0, 0.1) is 0 Å². The van der Waals surface area contributed by atoms with E-state index in [2.05, 4.69) is 58.1 Å². The summed E-state index contributed by atoms with van der Waals surface area (Å²) >= 11 is 0. The van der Waals surface area contributed by atoms with Gasteiger partial charge in [0, 0.05) is 37.0 Å². The van der Waals surface area contributed by atoms with Gasteiger partial charge in [-0.05, 0) is 51.3 Å². The number of aryl methyl sites for hydroxylation is 2. The molecule has 1 aromatic carbocycles. The fourth-order valence-electron chi connectivity index (χ4n) is 3.24. The normalized spacial score (nSPS) is 12.8. The summed E-state index contributed by atoms with van der Waals surface area (Å²) in [5.41, 5.74) is 2.70. The van der Waals surface area contributed by atoms with Gasteiger partial charge >= 0.3 is 11.9 Å². The molecule has 0 saturated carbocycles. The van der Waals surface area contributed by atoms with Gasteiger partial charge in [0.05, 0.1) is 6.61 Å². The van der Waals surface area contributed by atoms with Crippen LogP contribution in [0.5, 0.6) is 5.88 Å². The number of carbonyl (C=O) groups is 2. The van der Waals surface area contributed by atoms with Crippen molar-refractivity contribution < 1.29 is 24.5 Å². The molecular weight excluding hydrogens is 398 g/mol. The molecule has 2 N–H and O–H groups in total. The van der Waals surface area contributed by atoms with Crippen molar-refractivity contribution in [1.29, 1.82) is 0 Å². The van der Waals surface area contributed by atoms with Gasteiger partial charge in [-0.3, -0.25) is 4.68 Å². The van der Waals surface area contributed by atoms with Crippen LogP contribution in [0.15, 0.2) is 48.6 Å². The lowest BCUT2D eigenvalue weighted by molar-refractivity contribution is -0.134. The third-order valence-corrected chi connectivity index (χ3v) is 4.74. The summed E-state index contributed by atoms with van der Waals surface area (Å²) in [6.45, 7) is 3.91. The van der Waals surface area contributed by atoms with Gasteiger partial charge in [-0.15, -0.1) is 5.10 Å². The Morgan fingerprint density at radius 3 is 2.48 bits per heavy atom. The first-order valence-electron chi connectivity index (χ1n) is 10.5. The van der Waals surface area contributed by atoms with Crippen molar-refractivity contribution in [2.45, 2.75) is 45.2 Å². The van der Waals surface area contributed by atoms with Crippen LogP contribution in [0.3, 0.4) is 0 Å². The lowest BCUT2D eigenvalue weighted by Crippen LogP contribution is -2.19. The molecule has 8 heteroatoms. The predicted octanol–water partition coefficient (Wildman–Crippen LogP) is 3.22. The topological polar surface area (TPSA) is 105 Å². The Morgan fingerprint density at radius 2 is 1.84 bits per heavy atom. The van der Waals surface area contributed by atoms with Crippen LogP contribution in [0.4, 0.5) is 0 Å². The molecule has 0 spiro atoms. The number of rotatable bonds is 10. The summed E-state index contributed by atoms with van der Waals surface area (Å²) in [4.78, 5) is 21.5. The fraction of sp³-hybridized carbons (Fsp3) is 0.435. The lowest BCUT2D eigenvalue weighted by atomic mass is 10.1. The average Bonchev–Trinajstić information content (AvgIpc) is 3.16. The van der Waals surface area contributed by atoms with Gasteiger partial charge in [-0.2, -0.15) is 0 Å². The number of hydrogen-bond acceptors (Lipinski definition) is 5. The van der Waals surface area contributed by atoms with Crippen molar-refractivity contribution in [3.05, 3.63) is 59.8 Å². The van der Waals surface area contributed by atoms with E-state index in [1.807, 2.05) is 0 Å². The number of aliphatic carboxylic acids is 2. The third-order valence-electron chi connectivity index (χ3n) is 4.74. The molecule has 168 valence electrons. The molecule has 2 heterocycles. The van der Waals surface area contributed by atoms with Crippen LogP contribution < -0.4 is 4.74 Å². The highest BCUT2D eigenvalue weighted by molar-refractivity contribution is 5.89. The van der Waals surface area contributed by atoms with E-state index in [0.717, 1.165) is 51.4 Å². The number of benzene rings is 1. The van der Waals surface area contributed by atoms with Gasteiger partial charge in [0.1, 0.15) is 0 Å². The minimum atomic E-state index is -1.26. The first-order chi connectivity index (χ1) is 14.9. The second kappa shape index (κ2) is 13.2. The molecule has 0 amide bonds. The van der Waals surface area contributed by atoms with E-state index in [1.165, 1.54) is 24.1 Å². The quantitative estimate of drug-likeness (QED) is 0.441. The number of hydrogen-bond donors (Lipinski definition) is 2. The number of carboxylic acids is 2. The first-order valence-corrected chi connectivity index (χ1v) is 10.5. The smallest absolute Gasteiger partial charge is 0.328 e. The van der Waals surface area contributed by atoms with Crippen molar-refractivity contribution in [1.82, 2.24) is 14.7 Å². The molecule has 31 heavy (non-hydrogen) atoms. The van der Waals surface area contributed by atoms with Crippen molar-refractivity contribution >= 4 is 11.9 Å². The van der Waals surface area contributed by atoms with Gasteiger partial charge in [0.15, 0.2) is 0 Å². The molecule has 1 aliphatic rings. The van der Waals surface area contributed by atoms with Gasteiger partial charge in [-0.1, -0.05) is 30.3 Å². The van der Waals surface area contributed by atoms with E-state index >= 15 is 0 Å². The Hall–Kier alpha value is -3.13. The fourth-order valence-corrected chi connectivity index (χ4v) is 3.24. The number of aromatic nitrogens is 2. The molecule has 1 aromatic heterocycles. The maximum Gasteiger partial charge on any atom is 0.328 e. The Balaban J connectivity index is 0.000000366. The van der Waals surface area contributed by atoms with Crippen LogP contribution in [0.2, 0.25) is 0 Å². The van der Waals surface area contributed by atoms with Gasteiger partial charge in [0.2, 0.25) is 5.88 Å². The molecular formula is C23H31N3O5. The largest absolute Gasteiger partial charge is 0.478 e. The molecule has 0 unspecified atom stereocenters.